The Balaban J connectivity index is 0.000000143. The minimum Gasteiger partial charge on any atom is -0.480 e. The number of amides is 2. The first-order chi connectivity index (χ1) is 27.9. The van der Waals surface area contributed by atoms with Gasteiger partial charge in [-0.1, -0.05) is 53.0 Å². The van der Waals surface area contributed by atoms with Gasteiger partial charge >= 0.3 is 5.97 Å². The Morgan fingerprint density at radius 3 is 1.78 bits per heavy atom. The van der Waals surface area contributed by atoms with Gasteiger partial charge in [-0.3, -0.25) is 24.4 Å². The third kappa shape index (κ3) is 10.8. The molecule has 304 valence electrons. The number of benzene rings is 2. The molecule has 2 saturated carbocycles. The van der Waals surface area contributed by atoms with Crippen LogP contribution in [0.1, 0.15) is 92.7 Å². The number of carbonyl (C=O) groups is 3. The predicted octanol–water partition coefficient (Wildman–Crippen LogP) is 5.87. The molecule has 4 aliphatic rings. The number of aliphatic carboxylic acids is 1. The molecule has 1 unspecified atom stereocenters. The maximum Gasteiger partial charge on any atom is 0.320 e. The second kappa shape index (κ2) is 19.1. The zero-order chi connectivity index (χ0) is 41.1. The van der Waals surface area contributed by atoms with E-state index in [0.717, 1.165) is 90.0 Å². The van der Waals surface area contributed by atoms with E-state index in [1.807, 2.05) is 73.1 Å². The molecule has 9 rings (SSSR count). The molecule has 2 aliphatic heterocycles. The number of carboxylic acid groups (broad SMARTS) is 1. The van der Waals surface area contributed by atoms with Crippen LogP contribution in [0.2, 0.25) is 0 Å². The molecule has 0 bridgehead atoms. The highest BCUT2D eigenvalue weighted by Crippen LogP contribution is 2.34. The van der Waals surface area contributed by atoms with Crippen LogP contribution in [-0.2, 0) is 20.8 Å². The molecule has 15 nitrogen and oxygen atoms in total. The molecule has 16 heteroatoms. The normalized spacial score (nSPS) is 17.9. The van der Waals surface area contributed by atoms with Crippen molar-refractivity contribution in [2.24, 2.45) is 15.7 Å². The standard InChI is InChI=1S/C18H20N4O.C14H15BrN2O.C6H9N3O2.C4H6N2/c1-13-19-11-12-22(13)15-7-5-14(6-8-15)16-17(23)21-18(20-16)9-3-2-4-10-18;15-11-6-4-10(5-7-11)12-13(18)17-14(16-12)8-2-1-3-9-14;7-5(6(10)11)1-4-2-8-3-9-4;1-4-5-2-3-6-4/h5-8,11-12H,2-4,9-10H2,1H3,(H,21,23);4-7H,1-3,8-9H2,(H,17,18);2-3,5H,1,7H2,(H,8,9)(H,10,11);2-3H,1H3,(H,5,6). The Morgan fingerprint density at radius 1 is 0.810 bits per heavy atom. The minimum absolute atomic E-state index is 0.0285. The van der Waals surface area contributed by atoms with Crippen LogP contribution in [-0.4, -0.2) is 81.2 Å². The molecule has 3 aromatic heterocycles. The third-order valence-electron chi connectivity index (χ3n) is 10.4. The first-order valence-corrected chi connectivity index (χ1v) is 20.4. The average molecular weight is 853 g/mol. The molecule has 5 aromatic rings. The van der Waals surface area contributed by atoms with E-state index in [1.54, 1.807) is 24.8 Å². The van der Waals surface area contributed by atoms with E-state index in [9.17, 15) is 14.4 Å². The summed E-state index contributed by atoms with van der Waals surface area (Å²) in [4.78, 5) is 61.7. The van der Waals surface area contributed by atoms with Crippen molar-refractivity contribution in [3.63, 3.8) is 0 Å². The highest BCUT2D eigenvalue weighted by molar-refractivity contribution is 9.10. The van der Waals surface area contributed by atoms with Gasteiger partial charge in [-0.05, 0) is 89.5 Å². The van der Waals surface area contributed by atoms with Gasteiger partial charge in [0.05, 0.1) is 6.33 Å². The van der Waals surface area contributed by atoms with E-state index in [4.69, 9.17) is 20.8 Å². The van der Waals surface area contributed by atoms with Gasteiger partial charge in [0.1, 0.15) is 40.4 Å². The number of aliphatic imine (C=N–C) groups is 2. The number of carboxylic acids is 1. The van der Waals surface area contributed by atoms with Crippen LogP contribution in [0.4, 0.5) is 0 Å². The van der Waals surface area contributed by atoms with Crippen LogP contribution >= 0.6 is 15.9 Å². The zero-order valence-corrected chi connectivity index (χ0v) is 34.3. The summed E-state index contributed by atoms with van der Waals surface area (Å²) in [7, 11) is 0. The minimum atomic E-state index is -1.00. The van der Waals surface area contributed by atoms with E-state index in [2.05, 4.69) is 51.5 Å². The number of aromatic nitrogens is 6. The van der Waals surface area contributed by atoms with E-state index in [0.29, 0.717) is 11.4 Å². The zero-order valence-electron chi connectivity index (χ0n) is 32.7. The van der Waals surface area contributed by atoms with Crippen molar-refractivity contribution >= 4 is 45.1 Å². The fourth-order valence-corrected chi connectivity index (χ4v) is 7.63. The SMILES string of the molecule is Cc1ncc[nH]1.Cc1nccn1-c1ccc(C2=NC3(CCCCC3)NC2=O)cc1.NC(Cc1cnc[nH]1)C(=O)O.O=C1NC2(CCCCC2)N=C1c1ccc(Br)cc1. The highest BCUT2D eigenvalue weighted by atomic mass is 79.9. The number of hydrogen-bond donors (Lipinski definition) is 6. The Bertz CT molecular complexity index is 2180. The molecule has 58 heavy (non-hydrogen) atoms. The summed E-state index contributed by atoms with van der Waals surface area (Å²) >= 11 is 3.40. The fraction of sp³-hybridized carbons (Fsp3) is 0.381. The van der Waals surface area contributed by atoms with E-state index in [1.165, 1.54) is 19.2 Å². The van der Waals surface area contributed by atoms with Gasteiger partial charge in [-0.2, -0.15) is 0 Å². The van der Waals surface area contributed by atoms with Crippen LogP contribution in [0, 0.1) is 13.8 Å². The summed E-state index contributed by atoms with van der Waals surface area (Å²) in [6.07, 6.45) is 21.5. The van der Waals surface area contributed by atoms with Crippen LogP contribution in [0.15, 0.2) is 100 Å². The summed E-state index contributed by atoms with van der Waals surface area (Å²) in [5.41, 5.74) is 9.32. The number of nitrogens with one attached hydrogen (secondary N) is 4. The molecule has 0 radical (unpaired) electrons. The van der Waals surface area contributed by atoms with E-state index in [-0.39, 0.29) is 29.6 Å². The van der Waals surface area contributed by atoms with Gasteiger partial charge in [0, 0.05) is 64.4 Å². The quantitative estimate of drug-likeness (QED) is 0.121. The highest BCUT2D eigenvalue weighted by Gasteiger charge is 2.41. The number of carbonyl (C=O) groups excluding carboxylic acids is 2. The van der Waals surface area contributed by atoms with Gasteiger partial charge in [-0.25, -0.2) is 15.0 Å². The molecule has 5 heterocycles. The lowest BCUT2D eigenvalue weighted by atomic mass is 9.90. The second-order valence-corrected chi connectivity index (χ2v) is 15.7. The Hall–Kier alpha value is -5.74. The number of aromatic amines is 2. The number of H-pyrrole nitrogens is 2. The molecule has 2 aliphatic carbocycles. The number of halogens is 1. The topological polar surface area (TPSA) is 221 Å². The smallest absolute Gasteiger partial charge is 0.320 e. The lowest BCUT2D eigenvalue weighted by Gasteiger charge is -2.30. The Labute approximate surface area is 345 Å². The van der Waals surface area contributed by atoms with Crippen LogP contribution in [0.25, 0.3) is 5.69 Å². The fourth-order valence-electron chi connectivity index (χ4n) is 7.37. The molecule has 0 saturated heterocycles. The number of imidazole rings is 3. The number of hydrogen-bond acceptors (Lipinski definition) is 9. The van der Waals surface area contributed by atoms with Crippen molar-refractivity contribution < 1.29 is 19.5 Å². The largest absolute Gasteiger partial charge is 0.480 e. The van der Waals surface area contributed by atoms with Crippen molar-refractivity contribution in [1.82, 2.24) is 40.1 Å². The van der Waals surface area contributed by atoms with Gasteiger partial charge in [0.25, 0.3) is 11.8 Å². The molecule has 2 amide bonds. The Kier molecular flexibility index (Phi) is 13.8. The van der Waals surface area contributed by atoms with Crippen LogP contribution in [0.3, 0.4) is 0 Å². The van der Waals surface area contributed by atoms with Crippen molar-refractivity contribution in [1.29, 1.82) is 0 Å². The summed E-state index contributed by atoms with van der Waals surface area (Å²) in [6, 6.07) is 14.8. The molecule has 7 N–H and O–H groups in total. The van der Waals surface area contributed by atoms with Crippen molar-refractivity contribution in [2.75, 3.05) is 0 Å². The molecule has 2 fully saturated rings. The molecular weight excluding hydrogens is 802 g/mol. The summed E-state index contributed by atoms with van der Waals surface area (Å²) in [5.74, 6) is 0.835. The van der Waals surface area contributed by atoms with E-state index >= 15 is 0 Å². The third-order valence-corrected chi connectivity index (χ3v) is 11.0. The first kappa shape index (κ1) is 41.9. The van der Waals surface area contributed by atoms with Crippen molar-refractivity contribution in [3.8, 4) is 5.69 Å². The number of nitrogens with two attached hydrogens (primary N) is 1. The predicted molar refractivity (Wildman–Crippen MR) is 225 cm³/mol. The lowest BCUT2D eigenvalue weighted by Crippen LogP contribution is -2.43. The molecule has 1 atom stereocenters. The second-order valence-electron chi connectivity index (χ2n) is 14.8. The Morgan fingerprint density at radius 2 is 1.36 bits per heavy atom. The molecule has 2 spiro atoms. The molecular formula is C42H50BrN11O4. The lowest BCUT2D eigenvalue weighted by molar-refractivity contribution is -0.138. The van der Waals surface area contributed by atoms with Gasteiger partial charge < -0.3 is 36.0 Å². The summed E-state index contributed by atoms with van der Waals surface area (Å²) in [5, 5.41) is 14.6. The molecule has 2 aromatic carbocycles. The number of rotatable bonds is 6. The van der Waals surface area contributed by atoms with Crippen LogP contribution < -0.4 is 16.4 Å². The first-order valence-electron chi connectivity index (χ1n) is 19.6. The van der Waals surface area contributed by atoms with Gasteiger partial charge in [0.15, 0.2) is 0 Å². The summed E-state index contributed by atoms with van der Waals surface area (Å²) in [6.45, 7) is 3.88. The number of aryl methyl sites for hydroxylation is 2. The monoisotopic (exact) mass is 851 g/mol. The summed E-state index contributed by atoms with van der Waals surface area (Å²) < 4.78 is 3.03. The van der Waals surface area contributed by atoms with Crippen LogP contribution in [0.5, 0.6) is 0 Å². The maximum atomic E-state index is 12.4. The average Bonchev–Trinajstić information content (AvgIpc) is 4.08. The maximum absolute atomic E-state index is 12.4. The van der Waals surface area contributed by atoms with E-state index < -0.39 is 12.0 Å². The van der Waals surface area contributed by atoms with Crippen molar-refractivity contribution in [3.05, 3.63) is 119 Å². The number of nitrogens with zero attached hydrogens (tertiary/aromatic N) is 6. The van der Waals surface area contributed by atoms with Gasteiger partial charge in [0.2, 0.25) is 0 Å². The van der Waals surface area contributed by atoms with Crippen molar-refractivity contribution in [2.45, 2.75) is 102 Å². The van der Waals surface area contributed by atoms with Gasteiger partial charge in [-0.15, -0.1) is 0 Å².